The molecule has 108 valence electrons. The first-order chi connectivity index (χ1) is 8.92. The van der Waals surface area contributed by atoms with Gasteiger partial charge in [-0.25, -0.2) is 0 Å². The smallest absolute Gasteiger partial charge is 0.220 e. The Bertz CT molecular complexity index is 412. The van der Waals surface area contributed by atoms with Crippen molar-refractivity contribution in [1.82, 2.24) is 15.1 Å². The first kappa shape index (κ1) is 15.7. The van der Waals surface area contributed by atoms with Crippen molar-refractivity contribution in [1.29, 1.82) is 0 Å². The van der Waals surface area contributed by atoms with Crippen LogP contribution in [0.15, 0.2) is 6.20 Å². The normalized spacial score (nSPS) is 12.7. The first-order valence-corrected chi connectivity index (χ1v) is 6.88. The Morgan fingerprint density at radius 3 is 2.68 bits per heavy atom. The minimum Gasteiger partial charge on any atom is -0.352 e. The Kier molecular flexibility index (Phi) is 6.02. The van der Waals surface area contributed by atoms with E-state index in [2.05, 4.69) is 24.3 Å². The third-order valence-corrected chi connectivity index (χ3v) is 3.20. The van der Waals surface area contributed by atoms with Crippen molar-refractivity contribution in [2.45, 2.75) is 40.2 Å². The largest absolute Gasteiger partial charge is 0.352 e. The minimum absolute atomic E-state index is 0.0688. The van der Waals surface area contributed by atoms with Gasteiger partial charge in [0.1, 0.15) is 0 Å². The van der Waals surface area contributed by atoms with Crippen molar-refractivity contribution in [2.24, 2.45) is 24.6 Å². The monoisotopic (exact) mass is 266 g/mol. The van der Waals surface area contributed by atoms with E-state index >= 15 is 0 Å². The van der Waals surface area contributed by atoms with E-state index in [1.807, 2.05) is 20.2 Å². The quantitative estimate of drug-likeness (QED) is 0.782. The van der Waals surface area contributed by atoms with Crippen LogP contribution in [0, 0.1) is 18.8 Å². The molecule has 0 saturated carbocycles. The summed E-state index contributed by atoms with van der Waals surface area (Å²) in [6.07, 6.45) is 3.44. The lowest BCUT2D eigenvalue weighted by Gasteiger charge is -2.16. The van der Waals surface area contributed by atoms with Crippen molar-refractivity contribution in [2.75, 3.05) is 6.54 Å². The van der Waals surface area contributed by atoms with Crippen molar-refractivity contribution in [3.05, 3.63) is 17.5 Å². The molecule has 3 N–H and O–H groups in total. The number of amides is 1. The third-order valence-electron chi connectivity index (χ3n) is 3.20. The van der Waals surface area contributed by atoms with Crippen LogP contribution in [-0.4, -0.2) is 22.2 Å². The maximum atomic E-state index is 11.9. The van der Waals surface area contributed by atoms with Gasteiger partial charge in [-0.1, -0.05) is 13.8 Å². The number of carbonyl (C=O) groups excluding carboxylic acids is 1. The summed E-state index contributed by atoms with van der Waals surface area (Å²) in [5, 5.41) is 7.19. The fourth-order valence-electron chi connectivity index (χ4n) is 2.28. The predicted octanol–water partition coefficient (Wildman–Crippen LogP) is 1.36. The fraction of sp³-hybridized carbons (Fsp3) is 0.714. The molecule has 1 aromatic rings. The summed E-state index contributed by atoms with van der Waals surface area (Å²) in [5.74, 6) is 0.913. The fourth-order valence-corrected chi connectivity index (χ4v) is 2.28. The van der Waals surface area contributed by atoms with Gasteiger partial charge < -0.3 is 11.1 Å². The van der Waals surface area contributed by atoms with Crippen molar-refractivity contribution in [3.63, 3.8) is 0 Å². The number of nitrogens with two attached hydrogens (primary N) is 1. The molecule has 0 aromatic carbocycles. The Morgan fingerprint density at radius 2 is 2.21 bits per heavy atom. The zero-order chi connectivity index (χ0) is 14.4. The van der Waals surface area contributed by atoms with Gasteiger partial charge in [0.05, 0.1) is 5.69 Å². The molecule has 1 amide bonds. The number of carbonyl (C=O) groups is 1. The van der Waals surface area contributed by atoms with Gasteiger partial charge in [0.2, 0.25) is 5.91 Å². The van der Waals surface area contributed by atoms with Crippen LogP contribution in [0.5, 0.6) is 0 Å². The van der Waals surface area contributed by atoms with Gasteiger partial charge in [-0.2, -0.15) is 5.10 Å². The molecule has 5 heteroatoms. The lowest BCUT2D eigenvalue weighted by molar-refractivity contribution is -0.122. The average Bonchev–Trinajstić information content (AvgIpc) is 2.63. The molecule has 1 atom stereocenters. The van der Waals surface area contributed by atoms with Crippen LogP contribution in [0.4, 0.5) is 0 Å². The topological polar surface area (TPSA) is 72.9 Å². The maximum absolute atomic E-state index is 11.9. The molecule has 0 radical (unpaired) electrons. The molecule has 0 saturated heterocycles. The summed E-state index contributed by atoms with van der Waals surface area (Å²) in [7, 11) is 1.88. The number of aryl methyl sites for hydroxylation is 2. The zero-order valence-electron chi connectivity index (χ0n) is 12.4. The van der Waals surface area contributed by atoms with Gasteiger partial charge in [0, 0.05) is 31.8 Å². The van der Waals surface area contributed by atoms with Crippen LogP contribution in [0.1, 0.15) is 37.9 Å². The molecule has 0 aliphatic rings. The molecular weight excluding hydrogens is 240 g/mol. The second-order valence-corrected chi connectivity index (χ2v) is 5.63. The van der Waals surface area contributed by atoms with Gasteiger partial charge in [0.15, 0.2) is 0 Å². The number of aromatic nitrogens is 2. The molecule has 0 spiro atoms. The summed E-state index contributed by atoms with van der Waals surface area (Å²) in [6.45, 7) is 7.36. The van der Waals surface area contributed by atoms with Gasteiger partial charge >= 0.3 is 0 Å². The predicted molar refractivity (Wildman–Crippen MR) is 76.4 cm³/mol. The molecule has 1 heterocycles. The molecule has 19 heavy (non-hydrogen) atoms. The molecule has 0 aliphatic carbocycles. The van der Waals surface area contributed by atoms with Crippen molar-refractivity contribution in [3.8, 4) is 0 Å². The van der Waals surface area contributed by atoms with E-state index < -0.39 is 0 Å². The van der Waals surface area contributed by atoms with E-state index in [0.29, 0.717) is 25.4 Å². The summed E-state index contributed by atoms with van der Waals surface area (Å²) < 4.78 is 1.76. The van der Waals surface area contributed by atoms with E-state index in [4.69, 9.17) is 5.73 Å². The number of nitrogens with zero attached hydrogens (tertiary/aromatic N) is 2. The van der Waals surface area contributed by atoms with Crippen LogP contribution in [0.2, 0.25) is 0 Å². The third kappa shape index (κ3) is 5.42. The first-order valence-electron chi connectivity index (χ1n) is 6.88. The Labute approximate surface area is 115 Å². The molecule has 1 aromatic heterocycles. The van der Waals surface area contributed by atoms with Gasteiger partial charge in [-0.15, -0.1) is 0 Å². The van der Waals surface area contributed by atoms with Gasteiger partial charge in [0.25, 0.3) is 0 Å². The molecule has 0 unspecified atom stereocenters. The highest BCUT2D eigenvalue weighted by Gasteiger charge is 2.14. The standard InChI is InChI=1S/C14H26N4O/c1-10(2)5-12(7-15)6-14(19)16-8-13-9-18(4)17-11(13)3/h9-10,12H,5-8,15H2,1-4H3,(H,16,19)/t12-/m0/s1. The Hall–Kier alpha value is -1.36. The van der Waals surface area contributed by atoms with E-state index in [-0.39, 0.29) is 11.8 Å². The maximum Gasteiger partial charge on any atom is 0.220 e. The second-order valence-electron chi connectivity index (χ2n) is 5.63. The molecule has 5 nitrogen and oxygen atoms in total. The Balaban J connectivity index is 2.40. The van der Waals surface area contributed by atoms with Crippen LogP contribution in [-0.2, 0) is 18.4 Å². The highest BCUT2D eigenvalue weighted by atomic mass is 16.1. The molecule has 1 rings (SSSR count). The van der Waals surface area contributed by atoms with E-state index in [1.165, 1.54) is 0 Å². The van der Waals surface area contributed by atoms with Crippen LogP contribution >= 0.6 is 0 Å². The SMILES string of the molecule is Cc1nn(C)cc1CNC(=O)C[C@@H](CN)CC(C)C. The lowest BCUT2D eigenvalue weighted by atomic mass is 9.94. The number of hydrogen-bond donors (Lipinski definition) is 2. The highest BCUT2D eigenvalue weighted by molar-refractivity contribution is 5.76. The summed E-state index contributed by atoms with van der Waals surface area (Å²) in [6, 6.07) is 0. The van der Waals surface area contributed by atoms with Gasteiger partial charge in [-0.3, -0.25) is 9.48 Å². The zero-order valence-corrected chi connectivity index (χ0v) is 12.4. The van der Waals surface area contributed by atoms with Crippen molar-refractivity contribution >= 4 is 5.91 Å². The number of nitrogens with one attached hydrogen (secondary N) is 1. The van der Waals surface area contributed by atoms with E-state index in [0.717, 1.165) is 17.7 Å². The Morgan fingerprint density at radius 1 is 1.53 bits per heavy atom. The second kappa shape index (κ2) is 7.28. The lowest BCUT2D eigenvalue weighted by Crippen LogP contribution is -2.28. The van der Waals surface area contributed by atoms with Crippen LogP contribution < -0.4 is 11.1 Å². The van der Waals surface area contributed by atoms with E-state index in [9.17, 15) is 4.79 Å². The molecule has 0 aliphatic heterocycles. The number of rotatable bonds is 7. The van der Waals surface area contributed by atoms with E-state index in [1.54, 1.807) is 4.68 Å². The molecular formula is C14H26N4O. The summed E-state index contributed by atoms with van der Waals surface area (Å²) in [5.41, 5.74) is 7.73. The van der Waals surface area contributed by atoms with Crippen LogP contribution in [0.3, 0.4) is 0 Å². The van der Waals surface area contributed by atoms with Crippen LogP contribution in [0.25, 0.3) is 0 Å². The summed E-state index contributed by atoms with van der Waals surface area (Å²) >= 11 is 0. The number of hydrogen-bond acceptors (Lipinski definition) is 3. The average molecular weight is 266 g/mol. The van der Waals surface area contributed by atoms with Gasteiger partial charge in [-0.05, 0) is 31.7 Å². The molecule has 0 fully saturated rings. The van der Waals surface area contributed by atoms with Crippen molar-refractivity contribution < 1.29 is 4.79 Å². The highest BCUT2D eigenvalue weighted by Crippen LogP contribution is 2.14. The summed E-state index contributed by atoms with van der Waals surface area (Å²) in [4.78, 5) is 11.9. The molecule has 0 bridgehead atoms. The minimum atomic E-state index is 0.0688.